The first-order chi connectivity index (χ1) is 11.9. The maximum atomic E-state index is 6.06. The lowest BCUT2D eigenvalue weighted by molar-refractivity contribution is 0.357. The number of benzene rings is 2. The van der Waals surface area contributed by atoms with Crippen LogP contribution in [0.3, 0.4) is 0 Å². The van der Waals surface area contributed by atoms with Crippen LogP contribution in [0.4, 0.5) is 5.69 Å². The largest absolute Gasteiger partial charge is 0.370 e. The predicted octanol–water partition coefficient (Wildman–Crippen LogP) is 4.72. The first kappa shape index (κ1) is 22.4. The summed E-state index contributed by atoms with van der Waals surface area (Å²) in [6.07, 6.45) is 1.00. The first-order valence-electron chi connectivity index (χ1n) is 8.88. The van der Waals surface area contributed by atoms with E-state index >= 15 is 0 Å². The molecule has 0 aliphatic heterocycles. The Morgan fingerprint density at radius 1 is 1.12 bits per heavy atom. The molecule has 0 aromatic heterocycles. The van der Waals surface area contributed by atoms with E-state index in [4.69, 9.17) is 5.73 Å². The van der Waals surface area contributed by atoms with E-state index in [1.54, 1.807) is 0 Å². The van der Waals surface area contributed by atoms with Gasteiger partial charge >= 0.3 is 0 Å². The SMILES string of the molecule is CCc1cccc(NC(N)=NCC(C)(C)NC(C)c2ccccc2)c1.I. The highest BCUT2D eigenvalue weighted by molar-refractivity contribution is 14.0. The average Bonchev–Trinajstić information content (AvgIpc) is 2.60. The van der Waals surface area contributed by atoms with Gasteiger partial charge in [-0.15, -0.1) is 24.0 Å². The lowest BCUT2D eigenvalue weighted by Crippen LogP contribution is -2.44. The molecule has 5 heteroatoms. The lowest BCUT2D eigenvalue weighted by Gasteiger charge is -2.29. The molecule has 0 fully saturated rings. The maximum Gasteiger partial charge on any atom is 0.193 e. The van der Waals surface area contributed by atoms with E-state index in [-0.39, 0.29) is 35.6 Å². The van der Waals surface area contributed by atoms with E-state index < -0.39 is 0 Å². The van der Waals surface area contributed by atoms with Gasteiger partial charge in [0, 0.05) is 17.3 Å². The fraction of sp³-hybridized carbons (Fsp3) is 0.381. The van der Waals surface area contributed by atoms with Gasteiger partial charge < -0.3 is 16.4 Å². The number of halogens is 1. The van der Waals surface area contributed by atoms with Crippen LogP contribution in [-0.2, 0) is 6.42 Å². The van der Waals surface area contributed by atoms with Crippen LogP contribution >= 0.6 is 24.0 Å². The van der Waals surface area contributed by atoms with Crippen LogP contribution in [0.25, 0.3) is 0 Å². The number of aliphatic imine (C=N–C) groups is 1. The van der Waals surface area contributed by atoms with Crippen LogP contribution in [0.5, 0.6) is 0 Å². The second-order valence-corrected chi connectivity index (χ2v) is 7.04. The molecule has 0 aliphatic carbocycles. The number of hydrogen-bond donors (Lipinski definition) is 3. The van der Waals surface area contributed by atoms with Gasteiger partial charge in [-0.2, -0.15) is 0 Å². The Labute approximate surface area is 174 Å². The molecule has 142 valence electrons. The highest BCUT2D eigenvalue weighted by Crippen LogP contribution is 2.16. The standard InChI is InChI=1S/C21H30N4.HI/c1-5-17-10-9-13-19(14-17)24-20(22)23-15-21(3,4)25-16(2)18-11-7-6-8-12-18;/h6-14,16,25H,5,15H2,1-4H3,(H3,22,23,24);1H. The van der Waals surface area contributed by atoms with Crippen molar-refractivity contribution in [3.05, 3.63) is 65.7 Å². The Hall–Kier alpha value is -1.60. The quantitative estimate of drug-likeness (QED) is 0.314. The molecule has 0 spiro atoms. The minimum atomic E-state index is -0.160. The Kier molecular flexibility index (Phi) is 9.08. The number of aryl methyl sites for hydroxylation is 1. The molecule has 0 bridgehead atoms. The maximum absolute atomic E-state index is 6.06. The molecule has 0 radical (unpaired) electrons. The molecule has 1 unspecified atom stereocenters. The molecule has 1 atom stereocenters. The number of guanidine groups is 1. The van der Waals surface area contributed by atoms with E-state index in [1.807, 2.05) is 18.2 Å². The van der Waals surface area contributed by atoms with Crippen LogP contribution in [0.15, 0.2) is 59.6 Å². The van der Waals surface area contributed by atoms with Crippen molar-refractivity contribution in [1.82, 2.24) is 5.32 Å². The van der Waals surface area contributed by atoms with Crippen molar-refractivity contribution in [3.63, 3.8) is 0 Å². The van der Waals surface area contributed by atoms with Gasteiger partial charge in [0.1, 0.15) is 0 Å². The summed E-state index contributed by atoms with van der Waals surface area (Å²) >= 11 is 0. The molecule has 2 aromatic carbocycles. The topological polar surface area (TPSA) is 62.4 Å². The Bertz CT molecular complexity index is 698. The van der Waals surface area contributed by atoms with E-state index in [0.29, 0.717) is 12.5 Å². The Morgan fingerprint density at radius 3 is 2.46 bits per heavy atom. The Morgan fingerprint density at radius 2 is 1.81 bits per heavy atom. The zero-order chi connectivity index (χ0) is 18.3. The third kappa shape index (κ3) is 7.33. The van der Waals surface area contributed by atoms with Gasteiger partial charge in [-0.25, -0.2) is 0 Å². The zero-order valence-electron chi connectivity index (χ0n) is 16.1. The van der Waals surface area contributed by atoms with Crippen molar-refractivity contribution in [2.24, 2.45) is 10.7 Å². The van der Waals surface area contributed by atoms with Gasteiger partial charge in [-0.1, -0.05) is 49.4 Å². The molecule has 0 saturated heterocycles. The molecule has 0 amide bonds. The lowest BCUT2D eigenvalue weighted by atomic mass is 10.0. The number of hydrogen-bond acceptors (Lipinski definition) is 2. The number of rotatable bonds is 7. The number of nitrogens with two attached hydrogens (primary N) is 1. The summed E-state index contributed by atoms with van der Waals surface area (Å²) in [5.74, 6) is 0.440. The molecule has 2 rings (SSSR count). The molecule has 0 heterocycles. The molecular formula is C21H31IN4. The van der Waals surface area contributed by atoms with Crippen LogP contribution in [0, 0.1) is 0 Å². The molecular weight excluding hydrogens is 435 g/mol. The van der Waals surface area contributed by atoms with Crippen LogP contribution < -0.4 is 16.4 Å². The fourth-order valence-electron chi connectivity index (χ4n) is 2.80. The summed E-state index contributed by atoms with van der Waals surface area (Å²) in [5, 5.41) is 6.79. The van der Waals surface area contributed by atoms with Crippen molar-refractivity contribution in [1.29, 1.82) is 0 Å². The van der Waals surface area contributed by atoms with E-state index in [0.717, 1.165) is 12.1 Å². The van der Waals surface area contributed by atoms with Gasteiger partial charge in [-0.3, -0.25) is 4.99 Å². The molecule has 0 saturated carbocycles. The van der Waals surface area contributed by atoms with Gasteiger partial charge in [-0.05, 0) is 50.5 Å². The summed E-state index contributed by atoms with van der Waals surface area (Å²) in [6, 6.07) is 18.9. The van der Waals surface area contributed by atoms with Crippen molar-refractivity contribution >= 4 is 35.6 Å². The van der Waals surface area contributed by atoms with E-state index in [1.165, 1.54) is 11.1 Å². The van der Waals surface area contributed by atoms with Gasteiger partial charge in [0.25, 0.3) is 0 Å². The molecule has 4 N–H and O–H groups in total. The summed E-state index contributed by atoms with van der Waals surface area (Å²) in [5.41, 5.74) is 9.41. The van der Waals surface area contributed by atoms with E-state index in [9.17, 15) is 0 Å². The monoisotopic (exact) mass is 466 g/mol. The second kappa shape index (κ2) is 10.5. The van der Waals surface area contributed by atoms with Crippen molar-refractivity contribution in [3.8, 4) is 0 Å². The predicted molar refractivity (Wildman–Crippen MR) is 123 cm³/mol. The number of anilines is 1. The minimum absolute atomic E-state index is 0. The first-order valence-corrected chi connectivity index (χ1v) is 8.88. The van der Waals surface area contributed by atoms with Crippen molar-refractivity contribution in [2.45, 2.75) is 45.7 Å². The molecule has 0 aliphatic rings. The zero-order valence-corrected chi connectivity index (χ0v) is 18.5. The Balaban J connectivity index is 0.00000338. The van der Waals surface area contributed by atoms with Crippen molar-refractivity contribution < 1.29 is 0 Å². The van der Waals surface area contributed by atoms with Crippen LogP contribution in [0.1, 0.15) is 44.9 Å². The third-order valence-corrected chi connectivity index (χ3v) is 4.16. The third-order valence-electron chi connectivity index (χ3n) is 4.16. The molecule has 2 aromatic rings. The fourth-order valence-corrected chi connectivity index (χ4v) is 2.80. The summed E-state index contributed by atoms with van der Waals surface area (Å²) in [7, 11) is 0. The highest BCUT2D eigenvalue weighted by atomic mass is 127. The van der Waals surface area contributed by atoms with E-state index in [2.05, 4.69) is 79.7 Å². The average molecular weight is 466 g/mol. The summed E-state index contributed by atoms with van der Waals surface area (Å²) < 4.78 is 0. The smallest absolute Gasteiger partial charge is 0.193 e. The van der Waals surface area contributed by atoms with Gasteiger partial charge in [0.15, 0.2) is 5.96 Å². The van der Waals surface area contributed by atoms with Crippen LogP contribution in [0.2, 0.25) is 0 Å². The summed E-state index contributed by atoms with van der Waals surface area (Å²) in [6.45, 7) is 9.18. The molecule has 4 nitrogen and oxygen atoms in total. The van der Waals surface area contributed by atoms with Gasteiger partial charge in [0.05, 0.1) is 6.54 Å². The second-order valence-electron chi connectivity index (χ2n) is 7.04. The highest BCUT2D eigenvalue weighted by Gasteiger charge is 2.20. The normalized spacial score (nSPS) is 13.0. The number of nitrogens with zero attached hydrogens (tertiary/aromatic N) is 1. The minimum Gasteiger partial charge on any atom is -0.370 e. The van der Waals surface area contributed by atoms with Crippen molar-refractivity contribution in [2.75, 3.05) is 11.9 Å². The van der Waals surface area contributed by atoms with Crippen LogP contribution in [-0.4, -0.2) is 18.0 Å². The van der Waals surface area contributed by atoms with Gasteiger partial charge in [0.2, 0.25) is 0 Å². The molecule has 26 heavy (non-hydrogen) atoms. The summed E-state index contributed by atoms with van der Waals surface area (Å²) in [4.78, 5) is 4.51. The number of nitrogens with one attached hydrogen (secondary N) is 2.